The molecule has 1 heterocycles. The molecule has 16 heavy (non-hydrogen) atoms. The van der Waals surface area contributed by atoms with Crippen molar-refractivity contribution in [2.45, 2.75) is 13.0 Å². The molecular formula is C11H11FN4. The molecule has 1 aromatic heterocycles. The Morgan fingerprint density at radius 3 is 2.88 bits per heavy atom. The summed E-state index contributed by atoms with van der Waals surface area (Å²) in [5.41, 5.74) is 6.89. The maximum atomic E-state index is 13.0. The Balaban J connectivity index is 2.44. The van der Waals surface area contributed by atoms with Gasteiger partial charge in [-0.05, 0) is 19.1 Å². The monoisotopic (exact) mass is 218 g/mol. The van der Waals surface area contributed by atoms with E-state index >= 15 is 0 Å². The molecule has 0 fully saturated rings. The van der Waals surface area contributed by atoms with Gasteiger partial charge in [0.15, 0.2) is 5.82 Å². The van der Waals surface area contributed by atoms with Crippen LogP contribution in [0.25, 0.3) is 11.3 Å². The highest BCUT2D eigenvalue weighted by Gasteiger charge is 2.07. The minimum atomic E-state index is -0.307. The first-order valence-electron chi connectivity index (χ1n) is 4.88. The maximum absolute atomic E-state index is 13.0. The van der Waals surface area contributed by atoms with E-state index in [1.807, 2.05) is 0 Å². The van der Waals surface area contributed by atoms with Crippen LogP contribution in [0.5, 0.6) is 0 Å². The second kappa shape index (κ2) is 4.32. The van der Waals surface area contributed by atoms with Gasteiger partial charge in [0.25, 0.3) is 0 Å². The fourth-order valence-electron chi connectivity index (χ4n) is 1.30. The Bertz CT molecular complexity index is 499. The highest BCUT2D eigenvalue weighted by Crippen LogP contribution is 2.17. The van der Waals surface area contributed by atoms with Gasteiger partial charge in [0.05, 0.1) is 17.9 Å². The molecule has 2 aromatic rings. The van der Waals surface area contributed by atoms with Crippen LogP contribution >= 0.6 is 0 Å². The summed E-state index contributed by atoms with van der Waals surface area (Å²) in [7, 11) is 0. The van der Waals surface area contributed by atoms with Crippen molar-refractivity contribution in [2.75, 3.05) is 0 Å². The van der Waals surface area contributed by atoms with Crippen LogP contribution in [0.15, 0.2) is 30.5 Å². The van der Waals surface area contributed by atoms with Crippen LogP contribution in [0.1, 0.15) is 18.8 Å². The molecule has 0 aliphatic carbocycles. The molecule has 0 bridgehead atoms. The maximum Gasteiger partial charge on any atom is 0.168 e. The summed E-state index contributed by atoms with van der Waals surface area (Å²) in [5, 5.41) is 7.60. The molecule has 2 rings (SSSR count). The van der Waals surface area contributed by atoms with E-state index in [1.54, 1.807) is 19.1 Å². The molecule has 0 aliphatic heterocycles. The fraction of sp³-hybridized carbons (Fsp3) is 0.182. The van der Waals surface area contributed by atoms with E-state index in [2.05, 4.69) is 15.2 Å². The van der Waals surface area contributed by atoms with Crippen LogP contribution in [0.4, 0.5) is 4.39 Å². The van der Waals surface area contributed by atoms with Gasteiger partial charge >= 0.3 is 0 Å². The summed E-state index contributed by atoms with van der Waals surface area (Å²) in [6.07, 6.45) is 1.49. The summed E-state index contributed by atoms with van der Waals surface area (Å²) in [6.45, 7) is 1.77. The summed E-state index contributed by atoms with van der Waals surface area (Å²) < 4.78 is 13.0. The number of nitrogens with zero attached hydrogens (tertiary/aromatic N) is 3. The molecule has 2 N–H and O–H groups in total. The van der Waals surface area contributed by atoms with Crippen molar-refractivity contribution < 1.29 is 4.39 Å². The number of hydrogen-bond donors (Lipinski definition) is 1. The molecule has 0 aliphatic rings. The fourth-order valence-corrected chi connectivity index (χ4v) is 1.30. The van der Waals surface area contributed by atoms with Crippen LogP contribution < -0.4 is 5.73 Å². The molecule has 0 radical (unpaired) electrons. The molecule has 5 heteroatoms. The highest BCUT2D eigenvalue weighted by molar-refractivity contribution is 5.57. The third kappa shape index (κ3) is 2.20. The van der Waals surface area contributed by atoms with E-state index in [9.17, 15) is 4.39 Å². The van der Waals surface area contributed by atoms with Gasteiger partial charge in [0.1, 0.15) is 5.82 Å². The molecule has 1 aromatic carbocycles. The van der Waals surface area contributed by atoms with E-state index in [-0.39, 0.29) is 11.9 Å². The van der Waals surface area contributed by atoms with Gasteiger partial charge < -0.3 is 5.73 Å². The quantitative estimate of drug-likeness (QED) is 0.833. The standard InChI is InChI=1S/C11H11FN4/c1-7(13)11-15-10(6-14-16-11)8-3-2-4-9(12)5-8/h2-7H,13H2,1H3. The minimum Gasteiger partial charge on any atom is -0.321 e. The zero-order valence-corrected chi connectivity index (χ0v) is 8.76. The van der Waals surface area contributed by atoms with Crippen molar-refractivity contribution >= 4 is 0 Å². The average molecular weight is 218 g/mol. The first-order chi connectivity index (χ1) is 7.66. The molecule has 1 unspecified atom stereocenters. The number of aromatic nitrogens is 3. The molecule has 1 atom stereocenters. The zero-order chi connectivity index (χ0) is 11.5. The van der Waals surface area contributed by atoms with E-state index in [0.717, 1.165) is 0 Å². The van der Waals surface area contributed by atoms with E-state index in [4.69, 9.17) is 5.73 Å². The van der Waals surface area contributed by atoms with E-state index in [1.165, 1.54) is 18.3 Å². The second-order valence-electron chi connectivity index (χ2n) is 3.50. The predicted octanol–water partition coefficient (Wildman–Crippen LogP) is 1.70. The lowest BCUT2D eigenvalue weighted by atomic mass is 10.1. The van der Waals surface area contributed by atoms with Gasteiger partial charge in [0.2, 0.25) is 0 Å². The molecule has 0 saturated carbocycles. The van der Waals surface area contributed by atoms with Crippen LogP contribution in [0.2, 0.25) is 0 Å². The molecule has 4 nitrogen and oxygen atoms in total. The molecule has 0 amide bonds. The van der Waals surface area contributed by atoms with E-state index in [0.29, 0.717) is 17.1 Å². The lowest BCUT2D eigenvalue weighted by Crippen LogP contribution is -2.11. The van der Waals surface area contributed by atoms with E-state index < -0.39 is 0 Å². The van der Waals surface area contributed by atoms with Gasteiger partial charge in [0, 0.05) is 5.56 Å². The topological polar surface area (TPSA) is 64.7 Å². The van der Waals surface area contributed by atoms with Gasteiger partial charge in [-0.3, -0.25) is 0 Å². The highest BCUT2D eigenvalue weighted by atomic mass is 19.1. The lowest BCUT2D eigenvalue weighted by molar-refractivity contribution is 0.628. The Hall–Kier alpha value is -1.88. The minimum absolute atomic E-state index is 0.291. The molecule has 82 valence electrons. The Morgan fingerprint density at radius 1 is 1.38 bits per heavy atom. The third-order valence-electron chi connectivity index (χ3n) is 2.10. The summed E-state index contributed by atoms with van der Waals surface area (Å²) >= 11 is 0. The summed E-state index contributed by atoms with van der Waals surface area (Å²) in [5.74, 6) is 0.139. The summed E-state index contributed by atoms with van der Waals surface area (Å²) in [6, 6.07) is 5.87. The largest absolute Gasteiger partial charge is 0.321 e. The predicted molar refractivity (Wildman–Crippen MR) is 57.8 cm³/mol. The van der Waals surface area contributed by atoms with Crippen molar-refractivity contribution in [1.29, 1.82) is 0 Å². The van der Waals surface area contributed by atoms with Crippen LogP contribution in [-0.4, -0.2) is 15.2 Å². The van der Waals surface area contributed by atoms with Gasteiger partial charge in [-0.1, -0.05) is 12.1 Å². The van der Waals surface area contributed by atoms with Gasteiger partial charge in [-0.15, -0.1) is 5.10 Å². The van der Waals surface area contributed by atoms with Crippen molar-refractivity contribution in [2.24, 2.45) is 5.73 Å². The second-order valence-corrected chi connectivity index (χ2v) is 3.50. The van der Waals surface area contributed by atoms with Crippen molar-refractivity contribution in [3.63, 3.8) is 0 Å². The number of rotatable bonds is 2. The number of benzene rings is 1. The smallest absolute Gasteiger partial charge is 0.168 e. The van der Waals surface area contributed by atoms with Gasteiger partial charge in [-0.25, -0.2) is 9.37 Å². The Kier molecular flexibility index (Phi) is 2.87. The molecular weight excluding hydrogens is 207 g/mol. The summed E-state index contributed by atoms with van der Waals surface area (Å²) in [4.78, 5) is 4.22. The van der Waals surface area contributed by atoms with Gasteiger partial charge in [-0.2, -0.15) is 5.10 Å². The average Bonchev–Trinajstić information content (AvgIpc) is 2.29. The number of halogens is 1. The number of nitrogens with two attached hydrogens (primary N) is 1. The van der Waals surface area contributed by atoms with Crippen LogP contribution in [0, 0.1) is 5.82 Å². The lowest BCUT2D eigenvalue weighted by Gasteiger charge is -2.05. The van der Waals surface area contributed by atoms with Crippen molar-refractivity contribution in [3.8, 4) is 11.3 Å². The Labute approximate surface area is 92.4 Å². The molecule has 0 spiro atoms. The first-order valence-corrected chi connectivity index (χ1v) is 4.88. The van der Waals surface area contributed by atoms with Crippen LogP contribution in [-0.2, 0) is 0 Å². The number of hydrogen-bond acceptors (Lipinski definition) is 4. The zero-order valence-electron chi connectivity index (χ0n) is 8.76. The molecule has 0 saturated heterocycles. The first kappa shape index (κ1) is 10.6. The van der Waals surface area contributed by atoms with Crippen molar-refractivity contribution in [3.05, 3.63) is 42.1 Å². The SMILES string of the molecule is CC(N)c1nncc(-c2cccc(F)c2)n1. The Morgan fingerprint density at radius 2 is 2.19 bits per heavy atom. The van der Waals surface area contributed by atoms with Crippen LogP contribution in [0.3, 0.4) is 0 Å². The third-order valence-corrected chi connectivity index (χ3v) is 2.10. The normalized spacial score (nSPS) is 12.4. The van der Waals surface area contributed by atoms with Crippen molar-refractivity contribution in [1.82, 2.24) is 15.2 Å².